The topological polar surface area (TPSA) is 88.5 Å². The third kappa shape index (κ3) is 2.83. The number of nitrogens with two attached hydrogens (primary N) is 1. The Balaban J connectivity index is 2.68. The molecule has 0 atom stereocenters. The number of carbonyl (C=O) groups excluding carboxylic acids is 1. The highest BCUT2D eigenvalue weighted by Gasteiger charge is 2.16. The van der Waals surface area contributed by atoms with Crippen LogP contribution in [0.5, 0.6) is 0 Å². The van der Waals surface area contributed by atoms with Crippen LogP contribution >= 0.6 is 0 Å². The minimum Gasteiger partial charge on any atom is -0.390 e. The predicted octanol–water partition coefficient (Wildman–Crippen LogP) is -0.434. The van der Waals surface area contributed by atoms with E-state index in [1.807, 2.05) is 6.92 Å². The van der Waals surface area contributed by atoms with Gasteiger partial charge in [0.15, 0.2) is 0 Å². The molecule has 15 heavy (non-hydrogen) atoms. The maximum absolute atomic E-state index is 11.5. The summed E-state index contributed by atoms with van der Waals surface area (Å²) in [5.41, 5.74) is 5.30. The van der Waals surface area contributed by atoms with E-state index in [0.717, 1.165) is 0 Å². The number of aromatic nitrogens is 2. The normalized spacial score (nSPS) is 10.1. The molecule has 0 unspecified atom stereocenters. The minimum absolute atomic E-state index is 0.000696. The molecule has 1 aromatic heterocycles. The molecule has 7 nitrogen and oxygen atoms in total. The monoisotopic (exact) mass is 213 g/mol. The number of anilines is 2. The first-order chi connectivity index (χ1) is 7.04. The zero-order valence-electron chi connectivity index (χ0n) is 9.10. The Morgan fingerprint density at radius 3 is 2.53 bits per heavy atom. The number of nitrogens with zero attached hydrogens (tertiary/aromatic N) is 4. The highest BCUT2D eigenvalue weighted by molar-refractivity contribution is 5.80. The van der Waals surface area contributed by atoms with E-state index in [-0.39, 0.29) is 24.5 Å². The molecule has 0 aromatic carbocycles. The third-order valence-electron chi connectivity index (χ3n) is 1.91. The van der Waals surface area contributed by atoms with Crippen LogP contribution in [0.2, 0.25) is 0 Å². The van der Waals surface area contributed by atoms with Crippen LogP contribution in [0.15, 0.2) is 4.42 Å². The summed E-state index contributed by atoms with van der Waals surface area (Å²) in [7, 11) is 3.39. The SMILES string of the molecule is CCN(CC(=O)N(C)C)c1nnc(N)o1. The lowest BCUT2D eigenvalue weighted by Crippen LogP contribution is -2.36. The van der Waals surface area contributed by atoms with E-state index in [1.165, 1.54) is 4.90 Å². The molecule has 1 heterocycles. The lowest BCUT2D eigenvalue weighted by molar-refractivity contribution is -0.127. The van der Waals surface area contributed by atoms with Crippen molar-refractivity contribution in [3.05, 3.63) is 0 Å². The summed E-state index contributed by atoms with van der Waals surface area (Å²) >= 11 is 0. The molecule has 0 spiro atoms. The van der Waals surface area contributed by atoms with Crippen molar-refractivity contribution in [3.63, 3.8) is 0 Å². The van der Waals surface area contributed by atoms with Crippen molar-refractivity contribution in [2.45, 2.75) is 6.92 Å². The second-order valence-electron chi connectivity index (χ2n) is 3.23. The molecule has 0 saturated heterocycles. The van der Waals surface area contributed by atoms with Gasteiger partial charge in [-0.3, -0.25) is 4.79 Å². The van der Waals surface area contributed by atoms with Gasteiger partial charge in [-0.05, 0) is 6.92 Å². The molecule has 0 bridgehead atoms. The number of hydrogen-bond acceptors (Lipinski definition) is 6. The third-order valence-corrected chi connectivity index (χ3v) is 1.91. The Morgan fingerprint density at radius 2 is 2.13 bits per heavy atom. The fraction of sp³-hybridized carbons (Fsp3) is 0.625. The standard InChI is InChI=1S/C8H15N5O2/c1-4-13(5-6(14)12(2)3)8-11-10-7(9)15-8/h4-5H2,1-3H3,(H2,9,10). The fourth-order valence-electron chi connectivity index (χ4n) is 0.974. The molecular weight excluding hydrogens is 198 g/mol. The molecule has 1 aromatic rings. The lowest BCUT2D eigenvalue weighted by atomic mass is 10.4. The van der Waals surface area contributed by atoms with Crippen molar-refractivity contribution >= 4 is 17.9 Å². The first-order valence-electron chi connectivity index (χ1n) is 4.58. The molecule has 0 aliphatic rings. The average Bonchev–Trinajstić information content (AvgIpc) is 2.60. The first-order valence-corrected chi connectivity index (χ1v) is 4.58. The Hall–Kier alpha value is -1.79. The Morgan fingerprint density at radius 1 is 1.47 bits per heavy atom. The molecule has 0 fully saturated rings. The number of carbonyl (C=O) groups is 1. The summed E-state index contributed by atoms with van der Waals surface area (Å²) in [6.07, 6.45) is 0. The van der Waals surface area contributed by atoms with Crippen LogP contribution in [0.1, 0.15) is 6.92 Å². The number of hydrogen-bond donors (Lipinski definition) is 1. The minimum atomic E-state index is -0.0337. The molecule has 0 aliphatic carbocycles. The first kappa shape index (κ1) is 11.3. The maximum atomic E-state index is 11.5. The summed E-state index contributed by atoms with van der Waals surface area (Å²) in [5, 5.41) is 7.25. The van der Waals surface area contributed by atoms with E-state index >= 15 is 0 Å². The van der Waals surface area contributed by atoms with Crippen LogP contribution in [-0.4, -0.2) is 48.2 Å². The van der Waals surface area contributed by atoms with Gasteiger partial charge in [0.25, 0.3) is 0 Å². The predicted molar refractivity (Wildman–Crippen MR) is 55.3 cm³/mol. The second-order valence-corrected chi connectivity index (χ2v) is 3.23. The smallest absolute Gasteiger partial charge is 0.319 e. The molecule has 0 radical (unpaired) electrons. The molecule has 84 valence electrons. The molecular formula is C8H15N5O2. The van der Waals surface area contributed by atoms with E-state index in [1.54, 1.807) is 19.0 Å². The number of likely N-dealkylation sites (N-methyl/N-ethyl adjacent to an activating group) is 2. The van der Waals surface area contributed by atoms with Gasteiger partial charge >= 0.3 is 12.0 Å². The van der Waals surface area contributed by atoms with Crippen molar-refractivity contribution in [3.8, 4) is 0 Å². The second kappa shape index (κ2) is 4.63. The molecule has 2 N–H and O–H groups in total. The van der Waals surface area contributed by atoms with Crippen LogP contribution in [0.4, 0.5) is 12.0 Å². The summed E-state index contributed by atoms with van der Waals surface area (Å²) in [6.45, 7) is 2.69. The van der Waals surface area contributed by atoms with Crippen molar-refractivity contribution in [1.82, 2.24) is 15.1 Å². The van der Waals surface area contributed by atoms with Crippen LogP contribution in [0, 0.1) is 0 Å². The van der Waals surface area contributed by atoms with Gasteiger partial charge in [0, 0.05) is 20.6 Å². The van der Waals surface area contributed by atoms with Gasteiger partial charge in [0.05, 0.1) is 0 Å². The van der Waals surface area contributed by atoms with Crippen molar-refractivity contribution in [2.24, 2.45) is 0 Å². The van der Waals surface area contributed by atoms with E-state index in [2.05, 4.69) is 10.2 Å². The molecule has 0 aliphatic heterocycles. The summed E-state index contributed by atoms with van der Waals surface area (Å²) in [5.74, 6) is -0.0337. The van der Waals surface area contributed by atoms with Gasteiger partial charge in [0.2, 0.25) is 5.91 Å². The van der Waals surface area contributed by atoms with Gasteiger partial charge < -0.3 is 20.0 Å². The Bertz CT molecular complexity index is 336. The van der Waals surface area contributed by atoms with E-state index in [0.29, 0.717) is 6.54 Å². The fourth-order valence-corrected chi connectivity index (χ4v) is 0.974. The maximum Gasteiger partial charge on any atom is 0.319 e. The van der Waals surface area contributed by atoms with Crippen molar-refractivity contribution in [1.29, 1.82) is 0 Å². The van der Waals surface area contributed by atoms with Crippen LogP contribution < -0.4 is 10.6 Å². The Kier molecular flexibility index (Phi) is 3.48. The van der Waals surface area contributed by atoms with Gasteiger partial charge in [-0.2, -0.15) is 0 Å². The highest BCUT2D eigenvalue weighted by atomic mass is 16.4. The van der Waals surface area contributed by atoms with Crippen LogP contribution in [0.3, 0.4) is 0 Å². The molecule has 0 saturated carbocycles. The molecule has 1 amide bonds. The average molecular weight is 213 g/mol. The lowest BCUT2D eigenvalue weighted by Gasteiger charge is -2.19. The van der Waals surface area contributed by atoms with Gasteiger partial charge in [-0.25, -0.2) is 0 Å². The van der Waals surface area contributed by atoms with E-state index < -0.39 is 0 Å². The quantitative estimate of drug-likeness (QED) is 0.729. The summed E-state index contributed by atoms with van der Waals surface area (Å²) < 4.78 is 5.03. The van der Waals surface area contributed by atoms with Crippen molar-refractivity contribution in [2.75, 3.05) is 37.8 Å². The molecule has 1 rings (SSSR count). The number of nitrogen functional groups attached to an aromatic ring is 1. The summed E-state index contributed by atoms with van der Waals surface area (Å²) in [4.78, 5) is 14.6. The van der Waals surface area contributed by atoms with Gasteiger partial charge in [-0.15, -0.1) is 0 Å². The van der Waals surface area contributed by atoms with Crippen molar-refractivity contribution < 1.29 is 9.21 Å². The zero-order chi connectivity index (χ0) is 11.4. The van der Waals surface area contributed by atoms with Gasteiger partial charge in [0.1, 0.15) is 6.54 Å². The molecule has 7 heteroatoms. The summed E-state index contributed by atoms with van der Waals surface area (Å²) in [6, 6.07) is 0.269. The highest BCUT2D eigenvalue weighted by Crippen LogP contribution is 2.12. The zero-order valence-corrected chi connectivity index (χ0v) is 9.10. The number of amides is 1. The van der Waals surface area contributed by atoms with Crippen LogP contribution in [-0.2, 0) is 4.79 Å². The number of rotatable bonds is 4. The largest absolute Gasteiger partial charge is 0.390 e. The van der Waals surface area contributed by atoms with E-state index in [9.17, 15) is 4.79 Å². The van der Waals surface area contributed by atoms with Crippen LogP contribution in [0.25, 0.3) is 0 Å². The Labute approximate surface area is 87.8 Å². The van der Waals surface area contributed by atoms with Gasteiger partial charge in [-0.1, -0.05) is 10.2 Å². The van der Waals surface area contributed by atoms with E-state index in [4.69, 9.17) is 10.2 Å².